The minimum absolute atomic E-state index is 0.0522. The zero-order valence-electron chi connectivity index (χ0n) is 10.4. The van der Waals surface area contributed by atoms with Crippen LogP contribution in [0.2, 0.25) is 0 Å². The summed E-state index contributed by atoms with van der Waals surface area (Å²) in [5.41, 5.74) is 0.676. The van der Waals surface area contributed by atoms with Gasteiger partial charge in [-0.25, -0.2) is 0 Å². The SMILES string of the molecule is CCN(C(=O)c1cccc(OC)c1)C(C)C. The summed E-state index contributed by atoms with van der Waals surface area (Å²) in [5, 5.41) is 0. The van der Waals surface area contributed by atoms with Gasteiger partial charge in [0.15, 0.2) is 0 Å². The molecular weight excluding hydrogens is 202 g/mol. The van der Waals surface area contributed by atoms with Crippen LogP contribution in [-0.2, 0) is 0 Å². The number of carbonyl (C=O) groups excluding carboxylic acids is 1. The van der Waals surface area contributed by atoms with E-state index in [9.17, 15) is 4.79 Å². The van der Waals surface area contributed by atoms with Crippen LogP contribution in [0.3, 0.4) is 0 Å². The standard InChI is InChI=1S/C13H19NO2/c1-5-14(10(2)3)13(15)11-7-6-8-12(9-11)16-4/h6-10H,5H2,1-4H3. The van der Waals surface area contributed by atoms with Crippen molar-refractivity contribution in [2.24, 2.45) is 0 Å². The molecule has 88 valence electrons. The molecule has 0 saturated heterocycles. The van der Waals surface area contributed by atoms with Crippen molar-refractivity contribution >= 4 is 5.91 Å². The van der Waals surface area contributed by atoms with E-state index >= 15 is 0 Å². The Labute approximate surface area is 97.0 Å². The highest BCUT2D eigenvalue weighted by molar-refractivity contribution is 5.94. The van der Waals surface area contributed by atoms with Crippen LogP contribution >= 0.6 is 0 Å². The van der Waals surface area contributed by atoms with Crippen LogP contribution in [-0.4, -0.2) is 30.5 Å². The molecule has 1 aromatic rings. The highest BCUT2D eigenvalue weighted by Gasteiger charge is 2.16. The van der Waals surface area contributed by atoms with Crippen LogP contribution in [0, 0.1) is 0 Å². The quantitative estimate of drug-likeness (QED) is 0.782. The lowest BCUT2D eigenvalue weighted by atomic mass is 10.1. The highest BCUT2D eigenvalue weighted by Crippen LogP contribution is 2.15. The van der Waals surface area contributed by atoms with Crippen LogP contribution in [0.4, 0.5) is 0 Å². The van der Waals surface area contributed by atoms with Crippen LogP contribution in [0.25, 0.3) is 0 Å². The fourth-order valence-electron chi connectivity index (χ4n) is 1.67. The molecule has 0 heterocycles. The fourth-order valence-corrected chi connectivity index (χ4v) is 1.67. The molecule has 0 aliphatic rings. The van der Waals surface area contributed by atoms with Gasteiger partial charge in [-0.1, -0.05) is 6.07 Å². The maximum absolute atomic E-state index is 12.2. The van der Waals surface area contributed by atoms with Crippen molar-refractivity contribution in [2.75, 3.05) is 13.7 Å². The number of ether oxygens (including phenoxy) is 1. The van der Waals surface area contributed by atoms with Crippen molar-refractivity contribution in [1.29, 1.82) is 0 Å². The normalized spacial score (nSPS) is 10.3. The van der Waals surface area contributed by atoms with Gasteiger partial charge in [0.05, 0.1) is 7.11 Å². The molecule has 0 aromatic heterocycles. The Bertz CT molecular complexity index is 361. The Balaban J connectivity index is 2.94. The molecule has 0 atom stereocenters. The van der Waals surface area contributed by atoms with Crippen LogP contribution < -0.4 is 4.74 Å². The monoisotopic (exact) mass is 221 g/mol. The number of methoxy groups -OCH3 is 1. The molecule has 0 fully saturated rings. The molecule has 0 unspecified atom stereocenters. The summed E-state index contributed by atoms with van der Waals surface area (Å²) in [5.74, 6) is 0.766. The topological polar surface area (TPSA) is 29.5 Å². The second-order valence-electron chi connectivity index (χ2n) is 3.92. The Kier molecular flexibility index (Phi) is 4.35. The van der Waals surface area contributed by atoms with Crippen LogP contribution in [0.5, 0.6) is 5.75 Å². The first kappa shape index (κ1) is 12.6. The summed E-state index contributed by atoms with van der Waals surface area (Å²) in [6.45, 7) is 6.73. The van der Waals surface area contributed by atoms with Gasteiger partial charge in [0.2, 0.25) is 0 Å². The molecule has 0 bridgehead atoms. The third-order valence-electron chi connectivity index (χ3n) is 2.54. The minimum Gasteiger partial charge on any atom is -0.497 e. The lowest BCUT2D eigenvalue weighted by Crippen LogP contribution is -2.36. The predicted octanol–water partition coefficient (Wildman–Crippen LogP) is 2.57. The van der Waals surface area contributed by atoms with Crippen LogP contribution in [0.15, 0.2) is 24.3 Å². The van der Waals surface area contributed by atoms with Gasteiger partial charge in [-0.2, -0.15) is 0 Å². The number of hydrogen-bond acceptors (Lipinski definition) is 2. The van der Waals surface area contributed by atoms with Gasteiger partial charge in [-0.3, -0.25) is 4.79 Å². The van der Waals surface area contributed by atoms with Gasteiger partial charge >= 0.3 is 0 Å². The average molecular weight is 221 g/mol. The lowest BCUT2D eigenvalue weighted by molar-refractivity contribution is 0.0716. The number of benzene rings is 1. The molecule has 0 saturated carbocycles. The summed E-state index contributed by atoms with van der Waals surface area (Å²) < 4.78 is 5.11. The van der Waals surface area contributed by atoms with E-state index < -0.39 is 0 Å². The largest absolute Gasteiger partial charge is 0.497 e. The first-order valence-electron chi connectivity index (χ1n) is 5.55. The predicted molar refractivity (Wildman–Crippen MR) is 64.8 cm³/mol. The highest BCUT2D eigenvalue weighted by atomic mass is 16.5. The van der Waals surface area contributed by atoms with Crippen molar-refractivity contribution in [2.45, 2.75) is 26.8 Å². The van der Waals surface area contributed by atoms with Gasteiger partial charge in [-0.05, 0) is 39.0 Å². The molecule has 16 heavy (non-hydrogen) atoms. The van der Waals surface area contributed by atoms with E-state index in [4.69, 9.17) is 4.74 Å². The zero-order chi connectivity index (χ0) is 12.1. The summed E-state index contributed by atoms with van der Waals surface area (Å²) >= 11 is 0. The van der Waals surface area contributed by atoms with E-state index in [0.29, 0.717) is 17.9 Å². The molecule has 0 N–H and O–H groups in total. The molecule has 1 amide bonds. The molecule has 0 aliphatic carbocycles. The Hall–Kier alpha value is -1.51. The van der Waals surface area contributed by atoms with Gasteiger partial charge in [-0.15, -0.1) is 0 Å². The summed E-state index contributed by atoms with van der Waals surface area (Å²) in [6, 6.07) is 7.47. The van der Waals surface area contributed by atoms with Crippen molar-refractivity contribution in [3.8, 4) is 5.75 Å². The number of rotatable bonds is 4. The van der Waals surface area contributed by atoms with Crippen molar-refractivity contribution in [3.05, 3.63) is 29.8 Å². The Morgan fingerprint density at radius 1 is 1.44 bits per heavy atom. The van der Waals surface area contributed by atoms with Crippen LogP contribution in [0.1, 0.15) is 31.1 Å². The summed E-state index contributed by atoms with van der Waals surface area (Å²) in [6.07, 6.45) is 0. The number of nitrogens with zero attached hydrogens (tertiary/aromatic N) is 1. The van der Waals surface area contributed by atoms with E-state index in [0.717, 1.165) is 0 Å². The van der Waals surface area contributed by atoms with Crippen molar-refractivity contribution in [1.82, 2.24) is 4.90 Å². The molecule has 3 nitrogen and oxygen atoms in total. The zero-order valence-corrected chi connectivity index (χ0v) is 10.4. The maximum Gasteiger partial charge on any atom is 0.254 e. The lowest BCUT2D eigenvalue weighted by Gasteiger charge is -2.25. The molecule has 0 radical (unpaired) electrons. The number of carbonyl (C=O) groups is 1. The fraction of sp³-hybridized carbons (Fsp3) is 0.462. The van der Waals surface area contributed by atoms with Gasteiger partial charge in [0.25, 0.3) is 5.91 Å². The first-order valence-corrected chi connectivity index (χ1v) is 5.55. The van der Waals surface area contributed by atoms with Crippen molar-refractivity contribution < 1.29 is 9.53 Å². The van der Waals surface area contributed by atoms with E-state index in [1.807, 2.05) is 43.9 Å². The minimum atomic E-state index is 0.0522. The number of hydrogen-bond donors (Lipinski definition) is 0. The van der Waals surface area contributed by atoms with Crippen molar-refractivity contribution in [3.63, 3.8) is 0 Å². The third-order valence-corrected chi connectivity index (χ3v) is 2.54. The molecule has 3 heteroatoms. The van der Waals surface area contributed by atoms with E-state index in [1.54, 1.807) is 13.2 Å². The second-order valence-corrected chi connectivity index (χ2v) is 3.92. The van der Waals surface area contributed by atoms with Gasteiger partial charge in [0.1, 0.15) is 5.75 Å². The van der Waals surface area contributed by atoms with Gasteiger partial charge < -0.3 is 9.64 Å². The van der Waals surface area contributed by atoms with Gasteiger partial charge in [0, 0.05) is 18.2 Å². The summed E-state index contributed by atoms with van der Waals surface area (Å²) in [4.78, 5) is 14.0. The molecule has 1 rings (SSSR count). The van der Waals surface area contributed by atoms with E-state index in [1.165, 1.54) is 0 Å². The smallest absolute Gasteiger partial charge is 0.254 e. The molecule has 0 aliphatic heterocycles. The maximum atomic E-state index is 12.2. The van der Waals surface area contributed by atoms with E-state index in [2.05, 4.69) is 0 Å². The van der Waals surface area contributed by atoms with E-state index in [-0.39, 0.29) is 11.9 Å². The first-order chi connectivity index (χ1) is 7.60. The summed E-state index contributed by atoms with van der Waals surface area (Å²) in [7, 11) is 1.60. The number of amides is 1. The molecule has 1 aromatic carbocycles. The molecule has 0 spiro atoms. The Morgan fingerprint density at radius 3 is 2.62 bits per heavy atom. The average Bonchev–Trinajstić information content (AvgIpc) is 2.29. The second kappa shape index (κ2) is 5.54. The Morgan fingerprint density at radius 2 is 2.12 bits per heavy atom. The third kappa shape index (κ3) is 2.75. The molecular formula is C13H19NO2.